The van der Waals surface area contributed by atoms with E-state index in [9.17, 15) is 5.11 Å². The molecule has 1 heteroatoms. The second-order valence-corrected chi connectivity index (χ2v) is 4.21. The third-order valence-corrected chi connectivity index (χ3v) is 3.36. The van der Waals surface area contributed by atoms with Crippen LogP contribution in [0.5, 0.6) is 0 Å². The minimum Gasteiger partial charge on any atom is -0.396 e. The van der Waals surface area contributed by atoms with Crippen LogP contribution in [-0.2, 0) is 0 Å². The number of hydrogen-bond acceptors (Lipinski definition) is 1. The van der Waals surface area contributed by atoms with Gasteiger partial charge in [-0.05, 0) is 42.9 Å². The molecule has 0 aromatic rings. The van der Waals surface area contributed by atoms with Crippen LogP contribution in [0.15, 0.2) is 0 Å². The van der Waals surface area contributed by atoms with Crippen LogP contribution in [-0.4, -0.2) is 11.7 Å². The quantitative estimate of drug-likeness (QED) is 0.633. The van der Waals surface area contributed by atoms with Crippen molar-refractivity contribution in [2.75, 3.05) is 6.61 Å². The summed E-state index contributed by atoms with van der Waals surface area (Å²) >= 11 is 0. The van der Waals surface area contributed by atoms with Gasteiger partial charge in [0, 0.05) is 6.61 Å². The smallest absolute Gasteiger partial charge is 0.0490 e. The van der Waals surface area contributed by atoms with E-state index in [2.05, 4.69) is 6.92 Å². The van der Waals surface area contributed by atoms with Crippen molar-refractivity contribution >= 4 is 0 Å². The Labute approximate surface area is 62.4 Å². The summed E-state index contributed by atoms with van der Waals surface area (Å²) in [5, 5.41) is 9.21. The highest BCUT2D eigenvalue weighted by Gasteiger charge is 2.50. The average Bonchev–Trinajstić information content (AvgIpc) is 2.73. The van der Waals surface area contributed by atoms with E-state index >= 15 is 0 Å². The minimum absolute atomic E-state index is 0.319. The van der Waals surface area contributed by atoms with E-state index in [0.717, 1.165) is 11.8 Å². The Morgan fingerprint density at radius 1 is 1.20 bits per heavy atom. The topological polar surface area (TPSA) is 20.2 Å². The molecule has 0 aromatic carbocycles. The third-order valence-electron chi connectivity index (χ3n) is 3.36. The third kappa shape index (κ3) is 0.878. The first-order chi connectivity index (χ1) is 4.77. The van der Waals surface area contributed by atoms with Gasteiger partial charge in [0.1, 0.15) is 0 Å². The number of rotatable bonds is 3. The van der Waals surface area contributed by atoms with Gasteiger partial charge in [0.15, 0.2) is 0 Å². The molecule has 0 bridgehead atoms. The zero-order chi connectivity index (χ0) is 7.19. The van der Waals surface area contributed by atoms with E-state index in [1.807, 2.05) is 0 Å². The zero-order valence-electron chi connectivity index (χ0n) is 6.64. The molecular formula is C9H16O. The van der Waals surface area contributed by atoms with Crippen molar-refractivity contribution in [2.24, 2.45) is 17.3 Å². The van der Waals surface area contributed by atoms with Crippen molar-refractivity contribution in [1.29, 1.82) is 0 Å². The Kier molecular flexibility index (Phi) is 1.31. The molecule has 10 heavy (non-hydrogen) atoms. The fourth-order valence-electron chi connectivity index (χ4n) is 2.08. The lowest BCUT2D eigenvalue weighted by Crippen LogP contribution is -2.26. The van der Waals surface area contributed by atoms with Gasteiger partial charge in [0.25, 0.3) is 0 Å². The van der Waals surface area contributed by atoms with Gasteiger partial charge in [0.2, 0.25) is 0 Å². The normalized spacial score (nSPS) is 27.0. The summed E-state index contributed by atoms with van der Waals surface area (Å²) in [4.78, 5) is 0. The van der Waals surface area contributed by atoms with Crippen molar-refractivity contribution in [2.45, 2.75) is 32.6 Å². The Balaban J connectivity index is 2.03. The summed E-state index contributed by atoms with van der Waals surface area (Å²) in [6.07, 6.45) is 5.47. The molecule has 0 radical (unpaired) electrons. The molecular weight excluding hydrogens is 124 g/mol. The summed E-state index contributed by atoms with van der Waals surface area (Å²) in [5.41, 5.74) is 0.319. The van der Waals surface area contributed by atoms with Gasteiger partial charge in [-0.1, -0.05) is 6.92 Å². The lowest BCUT2D eigenvalue weighted by molar-refractivity contribution is 0.0967. The van der Waals surface area contributed by atoms with Crippen LogP contribution in [0.1, 0.15) is 32.6 Å². The highest BCUT2D eigenvalue weighted by molar-refractivity contribution is 4.99. The maximum Gasteiger partial charge on any atom is 0.0490 e. The van der Waals surface area contributed by atoms with Crippen molar-refractivity contribution < 1.29 is 5.11 Å². The highest BCUT2D eigenvalue weighted by Crippen LogP contribution is 2.57. The highest BCUT2D eigenvalue weighted by atomic mass is 16.3. The zero-order valence-corrected chi connectivity index (χ0v) is 6.64. The molecule has 1 N–H and O–H groups in total. The van der Waals surface area contributed by atoms with Gasteiger partial charge in [0.05, 0.1) is 0 Å². The van der Waals surface area contributed by atoms with Crippen LogP contribution >= 0.6 is 0 Å². The van der Waals surface area contributed by atoms with Crippen LogP contribution in [0.4, 0.5) is 0 Å². The molecule has 2 saturated carbocycles. The van der Waals surface area contributed by atoms with Crippen molar-refractivity contribution in [3.8, 4) is 0 Å². The molecule has 2 aliphatic carbocycles. The Morgan fingerprint density at radius 2 is 1.60 bits per heavy atom. The van der Waals surface area contributed by atoms with Crippen molar-refractivity contribution in [1.82, 2.24) is 0 Å². The molecule has 0 heterocycles. The summed E-state index contributed by atoms with van der Waals surface area (Å²) in [7, 11) is 0. The van der Waals surface area contributed by atoms with Gasteiger partial charge < -0.3 is 5.11 Å². The summed E-state index contributed by atoms with van der Waals surface area (Å²) in [6, 6.07) is 0. The maximum absolute atomic E-state index is 9.21. The van der Waals surface area contributed by atoms with Gasteiger partial charge >= 0.3 is 0 Å². The summed E-state index contributed by atoms with van der Waals surface area (Å²) in [6.45, 7) is 2.69. The molecule has 0 amide bonds. The van der Waals surface area contributed by atoms with E-state index in [1.54, 1.807) is 0 Å². The second-order valence-electron chi connectivity index (χ2n) is 4.21. The predicted octanol–water partition coefficient (Wildman–Crippen LogP) is 1.80. The van der Waals surface area contributed by atoms with Crippen LogP contribution in [0.2, 0.25) is 0 Å². The number of hydrogen-bond donors (Lipinski definition) is 1. The fourth-order valence-corrected chi connectivity index (χ4v) is 2.08. The summed E-state index contributed by atoms with van der Waals surface area (Å²) < 4.78 is 0. The Morgan fingerprint density at radius 3 is 1.80 bits per heavy atom. The molecule has 58 valence electrons. The largest absolute Gasteiger partial charge is 0.396 e. The van der Waals surface area contributed by atoms with Crippen molar-refractivity contribution in [3.05, 3.63) is 0 Å². The first kappa shape index (κ1) is 6.66. The standard InChI is InChI=1S/C9H16O/c1-9(6-10,7-2-3-7)8-4-5-8/h7-8,10H,2-6H2,1H3. The molecule has 2 fully saturated rings. The van der Waals surface area contributed by atoms with E-state index in [1.165, 1.54) is 25.7 Å². The van der Waals surface area contributed by atoms with E-state index in [-0.39, 0.29) is 0 Å². The van der Waals surface area contributed by atoms with Crippen LogP contribution in [0, 0.1) is 17.3 Å². The van der Waals surface area contributed by atoms with E-state index in [0.29, 0.717) is 12.0 Å². The van der Waals surface area contributed by atoms with Gasteiger partial charge in [-0.2, -0.15) is 0 Å². The molecule has 0 saturated heterocycles. The predicted molar refractivity (Wildman–Crippen MR) is 40.6 cm³/mol. The molecule has 2 rings (SSSR count). The van der Waals surface area contributed by atoms with Crippen molar-refractivity contribution in [3.63, 3.8) is 0 Å². The Hall–Kier alpha value is -0.0400. The van der Waals surface area contributed by atoms with Gasteiger partial charge in [-0.3, -0.25) is 0 Å². The maximum atomic E-state index is 9.21. The second kappa shape index (κ2) is 1.97. The monoisotopic (exact) mass is 140 g/mol. The number of aliphatic hydroxyl groups excluding tert-OH is 1. The lowest BCUT2D eigenvalue weighted by Gasteiger charge is -2.26. The van der Waals surface area contributed by atoms with Crippen LogP contribution < -0.4 is 0 Å². The first-order valence-corrected chi connectivity index (χ1v) is 4.38. The minimum atomic E-state index is 0.319. The fraction of sp³-hybridized carbons (Fsp3) is 1.00. The molecule has 0 spiro atoms. The first-order valence-electron chi connectivity index (χ1n) is 4.38. The molecule has 0 unspecified atom stereocenters. The van der Waals surface area contributed by atoms with Crippen LogP contribution in [0.25, 0.3) is 0 Å². The van der Waals surface area contributed by atoms with Gasteiger partial charge in [-0.15, -0.1) is 0 Å². The Bertz CT molecular complexity index is 122. The van der Waals surface area contributed by atoms with Gasteiger partial charge in [-0.25, -0.2) is 0 Å². The lowest BCUT2D eigenvalue weighted by atomic mass is 9.81. The molecule has 0 aliphatic heterocycles. The van der Waals surface area contributed by atoms with E-state index < -0.39 is 0 Å². The molecule has 0 atom stereocenters. The average molecular weight is 140 g/mol. The molecule has 1 nitrogen and oxygen atoms in total. The molecule has 0 aromatic heterocycles. The summed E-state index contributed by atoms with van der Waals surface area (Å²) in [5.74, 6) is 1.73. The molecule has 2 aliphatic rings. The van der Waals surface area contributed by atoms with E-state index in [4.69, 9.17) is 0 Å². The van der Waals surface area contributed by atoms with Crippen LogP contribution in [0.3, 0.4) is 0 Å². The SMILES string of the molecule is CC(CO)(C1CC1)C1CC1. The number of aliphatic hydroxyl groups is 1.